The molecular formula is C13H15N5. The van der Waals surface area contributed by atoms with Gasteiger partial charge in [0.15, 0.2) is 5.82 Å². The monoisotopic (exact) mass is 241 g/mol. The number of aryl methyl sites for hydroxylation is 1. The lowest BCUT2D eigenvalue weighted by Gasteiger charge is -2.20. The van der Waals surface area contributed by atoms with Crippen molar-refractivity contribution in [1.82, 2.24) is 10.2 Å². The molecule has 0 aliphatic carbocycles. The van der Waals surface area contributed by atoms with Crippen molar-refractivity contribution in [3.63, 3.8) is 0 Å². The van der Waals surface area contributed by atoms with Gasteiger partial charge < -0.3 is 10.6 Å². The number of nitrogens with one attached hydrogen (secondary N) is 1. The van der Waals surface area contributed by atoms with Gasteiger partial charge in [0.2, 0.25) is 0 Å². The van der Waals surface area contributed by atoms with E-state index in [2.05, 4.69) is 10.2 Å². The number of amidine groups is 1. The number of nitrogens with two attached hydrogens (primary N) is 1. The Morgan fingerprint density at radius 2 is 1.89 bits per heavy atom. The van der Waals surface area contributed by atoms with Gasteiger partial charge in [-0.05, 0) is 25.1 Å². The number of nitrogens with zero attached hydrogens (tertiary/aromatic N) is 3. The highest BCUT2D eigenvalue weighted by Gasteiger charge is 2.12. The van der Waals surface area contributed by atoms with Crippen LogP contribution in [0.3, 0.4) is 0 Å². The number of aromatic nitrogens is 2. The highest BCUT2D eigenvalue weighted by atomic mass is 15.2. The quantitative estimate of drug-likeness (QED) is 0.634. The van der Waals surface area contributed by atoms with E-state index >= 15 is 0 Å². The number of anilines is 2. The first-order chi connectivity index (χ1) is 8.59. The van der Waals surface area contributed by atoms with Gasteiger partial charge in [-0.15, -0.1) is 5.10 Å². The number of benzene rings is 1. The van der Waals surface area contributed by atoms with Gasteiger partial charge in [0, 0.05) is 12.7 Å². The van der Waals surface area contributed by atoms with Crippen molar-refractivity contribution in [2.24, 2.45) is 5.73 Å². The lowest BCUT2D eigenvalue weighted by molar-refractivity contribution is 0.981. The zero-order chi connectivity index (χ0) is 13.1. The Kier molecular flexibility index (Phi) is 3.23. The minimum absolute atomic E-state index is 0.0149. The summed E-state index contributed by atoms with van der Waals surface area (Å²) in [6, 6.07) is 9.72. The molecule has 2 aromatic rings. The van der Waals surface area contributed by atoms with Gasteiger partial charge in [0.25, 0.3) is 0 Å². The summed E-state index contributed by atoms with van der Waals surface area (Å²) in [7, 11) is 1.88. The van der Waals surface area contributed by atoms with Crippen LogP contribution in [0.5, 0.6) is 0 Å². The Hall–Kier alpha value is -2.43. The predicted molar refractivity (Wildman–Crippen MR) is 72.3 cm³/mol. The maximum atomic E-state index is 7.55. The van der Waals surface area contributed by atoms with E-state index in [9.17, 15) is 0 Å². The van der Waals surface area contributed by atoms with E-state index in [1.54, 1.807) is 6.07 Å². The van der Waals surface area contributed by atoms with Gasteiger partial charge in [0.05, 0.1) is 11.8 Å². The van der Waals surface area contributed by atoms with E-state index in [0.29, 0.717) is 11.4 Å². The molecule has 92 valence electrons. The molecule has 5 heteroatoms. The molecule has 0 bridgehead atoms. The third kappa shape index (κ3) is 2.29. The van der Waals surface area contributed by atoms with Crippen molar-refractivity contribution in [3.05, 3.63) is 47.7 Å². The molecule has 0 spiro atoms. The van der Waals surface area contributed by atoms with Crippen molar-refractivity contribution in [1.29, 1.82) is 5.41 Å². The van der Waals surface area contributed by atoms with Gasteiger partial charge in [0.1, 0.15) is 5.84 Å². The molecule has 0 aliphatic rings. The Balaban J connectivity index is 2.42. The molecule has 0 aliphatic heterocycles. The first-order valence-corrected chi connectivity index (χ1v) is 5.56. The van der Waals surface area contributed by atoms with E-state index in [4.69, 9.17) is 11.1 Å². The van der Waals surface area contributed by atoms with Gasteiger partial charge in [-0.25, -0.2) is 0 Å². The van der Waals surface area contributed by atoms with Crippen LogP contribution in [0.2, 0.25) is 0 Å². The van der Waals surface area contributed by atoms with Crippen LogP contribution < -0.4 is 10.6 Å². The summed E-state index contributed by atoms with van der Waals surface area (Å²) >= 11 is 0. The molecule has 2 rings (SSSR count). The second kappa shape index (κ2) is 4.83. The minimum Gasteiger partial charge on any atom is -0.384 e. The lowest BCUT2D eigenvalue weighted by atomic mass is 10.2. The van der Waals surface area contributed by atoms with E-state index in [-0.39, 0.29) is 5.84 Å². The van der Waals surface area contributed by atoms with E-state index in [0.717, 1.165) is 5.69 Å². The third-order valence-electron chi connectivity index (χ3n) is 2.73. The third-order valence-corrected chi connectivity index (χ3v) is 2.73. The Morgan fingerprint density at radius 1 is 1.22 bits per heavy atom. The van der Waals surface area contributed by atoms with Crippen molar-refractivity contribution in [3.8, 4) is 0 Å². The molecule has 0 radical (unpaired) electrons. The first kappa shape index (κ1) is 12.0. The number of nitrogen functional groups attached to an aromatic ring is 1. The van der Waals surface area contributed by atoms with E-state index in [1.165, 1.54) is 11.8 Å². The van der Waals surface area contributed by atoms with Gasteiger partial charge in [-0.3, -0.25) is 5.41 Å². The number of rotatable bonds is 3. The van der Waals surface area contributed by atoms with Gasteiger partial charge in [-0.1, -0.05) is 17.7 Å². The molecule has 0 saturated heterocycles. The summed E-state index contributed by atoms with van der Waals surface area (Å²) in [5.74, 6) is 0.563. The van der Waals surface area contributed by atoms with Gasteiger partial charge >= 0.3 is 0 Å². The summed E-state index contributed by atoms with van der Waals surface area (Å²) in [6.07, 6.45) is 1.53. The topological polar surface area (TPSA) is 78.9 Å². The summed E-state index contributed by atoms with van der Waals surface area (Å²) in [6.45, 7) is 2.03. The van der Waals surface area contributed by atoms with Crippen molar-refractivity contribution in [2.45, 2.75) is 6.92 Å². The van der Waals surface area contributed by atoms with Crippen LogP contribution in [0.25, 0.3) is 0 Å². The number of hydrogen-bond acceptors (Lipinski definition) is 4. The van der Waals surface area contributed by atoms with Crippen molar-refractivity contribution in [2.75, 3.05) is 11.9 Å². The summed E-state index contributed by atoms with van der Waals surface area (Å²) < 4.78 is 0. The molecule has 1 heterocycles. The Bertz CT molecular complexity index is 562. The SMILES string of the molecule is Cc1ccc(N(C)c2nnccc2C(=N)N)cc1. The number of hydrogen-bond donors (Lipinski definition) is 2. The molecule has 1 aromatic carbocycles. The molecule has 18 heavy (non-hydrogen) atoms. The van der Waals surface area contributed by atoms with E-state index in [1.807, 2.05) is 43.1 Å². The highest BCUT2D eigenvalue weighted by molar-refractivity contribution is 6.00. The zero-order valence-electron chi connectivity index (χ0n) is 10.4. The average molecular weight is 241 g/mol. The van der Waals surface area contributed by atoms with Crippen LogP contribution in [0, 0.1) is 12.3 Å². The molecule has 0 unspecified atom stereocenters. The molecule has 1 aromatic heterocycles. The van der Waals surface area contributed by atoms with Crippen LogP contribution >= 0.6 is 0 Å². The fraction of sp³-hybridized carbons (Fsp3) is 0.154. The second-order valence-electron chi connectivity index (χ2n) is 4.08. The molecule has 0 fully saturated rings. The maximum Gasteiger partial charge on any atom is 0.166 e. The van der Waals surface area contributed by atoms with Crippen LogP contribution in [-0.2, 0) is 0 Å². The van der Waals surface area contributed by atoms with Crippen molar-refractivity contribution >= 4 is 17.3 Å². The van der Waals surface area contributed by atoms with E-state index < -0.39 is 0 Å². The van der Waals surface area contributed by atoms with Gasteiger partial charge in [-0.2, -0.15) is 5.10 Å². The average Bonchev–Trinajstić information content (AvgIpc) is 2.39. The summed E-state index contributed by atoms with van der Waals surface area (Å²) in [5.41, 5.74) is 8.29. The second-order valence-corrected chi connectivity index (χ2v) is 4.08. The molecule has 0 atom stereocenters. The predicted octanol–water partition coefficient (Wildman–Crippen LogP) is 1.84. The first-order valence-electron chi connectivity index (χ1n) is 5.56. The fourth-order valence-electron chi connectivity index (χ4n) is 1.67. The van der Waals surface area contributed by atoms with Crippen molar-refractivity contribution < 1.29 is 0 Å². The molecule has 0 saturated carbocycles. The fourth-order valence-corrected chi connectivity index (χ4v) is 1.67. The molecule has 3 N–H and O–H groups in total. The Labute approximate surface area is 106 Å². The lowest BCUT2D eigenvalue weighted by Crippen LogP contribution is -2.20. The van der Waals surface area contributed by atoms with Crippen LogP contribution in [-0.4, -0.2) is 23.1 Å². The van der Waals surface area contributed by atoms with Crippen LogP contribution in [0.1, 0.15) is 11.1 Å². The summed E-state index contributed by atoms with van der Waals surface area (Å²) in [5, 5.41) is 15.5. The molecule has 0 amide bonds. The van der Waals surface area contributed by atoms with Crippen LogP contribution in [0.4, 0.5) is 11.5 Å². The van der Waals surface area contributed by atoms with Crippen LogP contribution in [0.15, 0.2) is 36.5 Å². The molecular weight excluding hydrogens is 226 g/mol. The molecule has 5 nitrogen and oxygen atoms in total. The highest BCUT2D eigenvalue weighted by Crippen LogP contribution is 2.24. The summed E-state index contributed by atoms with van der Waals surface area (Å²) in [4.78, 5) is 1.86. The maximum absolute atomic E-state index is 7.55. The largest absolute Gasteiger partial charge is 0.384 e. The normalized spacial score (nSPS) is 10.1. The minimum atomic E-state index is -0.0149. The standard InChI is InChI=1S/C13H15N5/c1-9-3-5-10(6-4-9)18(2)13-11(12(14)15)7-8-16-17-13/h3-8H,1-2H3,(H3,14,15). The smallest absolute Gasteiger partial charge is 0.166 e. The Morgan fingerprint density at radius 3 is 2.50 bits per heavy atom. The zero-order valence-corrected chi connectivity index (χ0v) is 10.4.